The fourth-order valence-corrected chi connectivity index (χ4v) is 1.49. The number of hydrogen-bond acceptors (Lipinski definition) is 5. The number of phenols is 1. The molecule has 3 N–H and O–H groups in total. The van der Waals surface area contributed by atoms with Gasteiger partial charge < -0.3 is 10.4 Å². The van der Waals surface area contributed by atoms with Crippen molar-refractivity contribution in [1.82, 2.24) is 25.9 Å². The Morgan fingerprint density at radius 2 is 2.22 bits per heavy atom. The van der Waals surface area contributed by atoms with E-state index < -0.39 is 0 Å². The molecule has 0 atom stereocenters. The predicted octanol–water partition coefficient (Wildman–Crippen LogP) is 0.154. The summed E-state index contributed by atoms with van der Waals surface area (Å²) in [5, 5.41) is 25.3. The van der Waals surface area contributed by atoms with E-state index in [9.17, 15) is 9.90 Å². The first-order chi connectivity index (χ1) is 8.75. The number of para-hydroxylation sites is 1. The van der Waals surface area contributed by atoms with Gasteiger partial charge in [0.15, 0.2) is 5.82 Å². The van der Waals surface area contributed by atoms with Crippen LogP contribution < -0.4 is 5.32 Å². The van der Waals surface area contributed by atoms with Crippen LogP contribution in [0.5, 0.6) is 5.75 Å². The predicted molar refractivity (Wildman–Crippen MR) is 62.5 cm³/mol. The number of H-pyrrole nitrogens is 1. The Kier molecular flexibility index (Phi) is 3.85. The Labute approximate surface area is 103 Å². The van der Waals surface area contributed by atoms with Crippen molar-refractivity contribution in [3.05, 3.63) is 35.7 Å². The highest BCUT2D eigenvalue weighted by atomic mass is 16.3. The lowest BCUT2D eigenvalue weighted by Gasteiger charge is -2.04. The van der Waals surface area contributed by atoms with Gasteiger partial charge in [-0.05, 0) is 18.1 Å². The van der Waals surface area contributed by atoms with Gasteiger partial charge in [-0.3, -0.25) is 4.79 Å². The molecular weight excluding hydrogens is 234 g/mol. The lowest BCUT2D eigenvalue weighted by molar-refractivity contribution is -0.121. The monoisotopic (exact) mass is 247 g/mol. The molecule has 0 aliphatic rings. The Morgan fingerprint density at radius 3 is 2.94 bits per heavy atom. The lowest BCUT2D eigenvalue weighted by Crippen LogP contribution is -2.23. The second-order valence-corrected chi connectivity index (χ2v) is 3.73. The highest BCUT2D eigenvalue weighted by Gasteiger charge is 2.06. The van der Waals surface area contributed by atoms with Crippen molar-refractivity contribution in [3.63, 3.8) is 0 Å². The van der Waals surface area contributed by atoms with Crippen molar-refractivity contribution in [2.75, 3.05) is 0 Å². The van der Waals surface area contributed by atoms with Crippen molar-refractivity contribution >= 4 is 5.91 Å². The number of phenolic OH excluding ortho intramolecular Hbond substituents is 1. The summed E-state index contributed by atoms with van der Waals surface area (Å²) in [6, 6.07) is 6.97. The van der Waals surface area contributed by atoms with Crippen LogP contribution in [0.1, 0.15) is 17.8 Å². The van der Waals surface area contributed by atoms with Gasteiger partial charge in [-0.2, -0.15) is 5.21 Å². The second kappa shape index (κ2) is 5.76. The molecule has 0 bridgehead atoms. The second-order valence-electron chi connectivity index (χ2n) is 3.73. The average Bonchev–Trinajstić information content (AvgIpc) is 2.88. The topological polar surface area (TPSA) is 104 Å². The minimum Gasteiger partial charge on any atom is -0.508 e. The van der Waals surface area contributed by atoms with Crippen LogP contribution in [-0.4, -0.2) is 31.6 Å². The van der Waals surface area contributed by atoms with E-state index in [1.54, 1.807) is 18.2 Å². The number of aromatic nitrogens is 4. The molecule has 94 valence electrons. The zero-order valence-corrected chi connectivity index (χ0v) is 9.63. The van der Waals surface area contributed by atoms with Crippen LogP contribution in [0.3, 0.4) is 0 Å². The molecule has 1 amide bonds. The van der Waals surface area contributed by atoms with Crippen molar-refractivity contribution in [3.8, 4) is 5.75 Å². The van der Waals surface area contributed by atoms with E-state index in [1.807, 2.05) is 6.07 Å². The van der Waals surface area contributed by atoms with Gasteiger partial charge in [-0.25, -0.2) is 0 Å². The third-order valence-corrected chi connectivity index (χ3v) is 2.45. The SMILES string of the molecule is O=C(CCc1ccccc1O)NCc1nn[nH]n1. The molecule has 2 aromatic rings. The number of aryl methyl sites for hydroxylation is 1. The van der Waals surface area contributed by atoms with E-state index in [1.165, 1.54) is 0 Å². The number of aromatic amines is 1. The van der Waals surface area contributed by atoms with Gasteiger partial charge in [0.2, 0.25) is 5.91 Å². The molecule has 1 aromatic heterocycles. The molecule has 0 aliphatic carbocycles. The number of carbonyl (C=O) groups is 1. The molecule has 0 unspecified atom stereocenters. The van der Waals surface area contributed by atoms with Gasteiger partial charge in [0.1, 0.15) is 5.75 Å². The normalized spacial score (nSPS) is 10.2. The van der Waals surface area contributed by atoms with Crippen molar-refractivity contribution in [2.24, 2.45) is 0 Å². The summed E-state index contributed by atoms with van der Waals surface area (Å²) in [4.78, 5) is 11.5. The summed E-state index contributed by atoms with van der Waals surface area (Å²) < 4.78 is 0. The minimum atomic E-state index is -0.122. The minimum absolute atomic E-state index is 0.122. The van der Waals surface area contributed by atoms with Crippen molar-refractivity contribution < 1.29 is 9.90 Å². The fraction of sp³-hybridized carbons (Fsp3) is 0.273. The Morgan fingerprint density at radius 1 is 1.39 bits per heavy atom. The van der Waals surface area contributed by atoms with Gasteiger partial charge in [0.05, 0.1) is 6.54 Å². The van der Waals surface area contributed by atoms with Gasteiger partial charge in [0, 0.05) is 6.42 Å². The van der Waals surface area contributed by atoms with Crippen LogP contribution in [-0.2, 0) is 17.8 Å². The van der Waals surface area contributed by atoms with Gasteiger partial charge in [-0.1, -0.05) is 23.4 Å². The number of rotatable bonds is 5. The van der Waals surface area contributed by atoms with Crippen LogP contribution in [0.4, 0.5) is 0 Å². The van der Waals surface area contributed by atoms with Crippen LogP contribution in [0, 0.1) is 0 Å². The molecule has 0 radical (unpaired) electrons. The van der Waals surface area contributed by atoms with Crippen LogP contribution in [0.25, 0.3) is 0 Å². The highest BCUT2D eigenvalue weighted by Crippen LogP contribution is 2.16. The maximum atomic E-state index is 11.5. The number of benzene rings is 1. The van der Waals surface area contributed by atoms with E-state index >= 15 is 0 Å². The smallest absolute Gasteiger partial charge is 0.220 e. The summed E-state index contributed by atoms with van der Waals surface area (Å²) in [5.74, 6) is 0.525. The summed E-state index contributed by atoms with van der Waals surface area (Å²) in [5.41, 5.74) is 0.757. The number of tetrazole rings is 1. The van der Waals surface area contributed by atoms with Gasteiger partial charge >= 0.3 is 0 Å². The number of amides is 1. The summed E-state index contributed by atoms with van der Waals surface area (Å²) in [7, 11) is 0. The molecule has 7 nitrogen and oxygen atoms in total. The summed E-state index contributed by atoms with van der Waals surface area (Å²) in [6.45, 7) is 0.246. The standard InChI is InChI=1S/C11H13N5O2/c17-9-4-2-1-3-8(9)5-6-11(18)12-7-10-13-15-16-14-10/h1-4,17H,5-7H2,(H,12,18)(H,13,14,15,16). The van der Waals surface area contributed by atoms with E-state index in [4.69, 9.17) is 0 Å². The molecule has 1 heterocycles. The maximum absolute atomic E-state index is 11.5. The molecule has 0 saturated heterocycles. The first-order valence-electron chi connectivity index (χ1n) is 5.51. The Balaban J connectivity index is 1.77. The van der Waals surface area contributed by atoms with E-state index in [0.717, 1.165) is 5.56 Å². The van der Waals surface area contributed by atoms with Crippen LogP contribution >= 0.6 is 0 Å². The average molecular weight is 247 g/mol. The Bertz CT molecular complexity index is 512. The van der Waals surface area contributed by atoms with Crippen molar-refractivity contribution in [2.45, 2.75) is 19.4 Å². The molecule has 2 rings (SSSR count). The zero-order chi connectivity index (χ0) is 12.8. The molecule has 0 aliphatic heterocycles. The van der Waals surface area contributed by atoms with E-state index in [2.05, 4.69) is 25.9 Å². The van der Waals surface area contributed by atoms with Gasteiger partial charge in [0.25, 0.3) is 0 Å². The fourth-order valence-electron chi connectivity index (χ4n) is 1.49. The van der Waals surface area contributed by atoms with Crippen LogP contribution in [0.15, 0.2) is 24.3 Å². The first kappa shape index (κ1) is 12.0. The van der Waals surface area contributed by atoms with Crippen LogP contribution in [0.2, 0.25) is 0 Å². The highest BCUT2D eigenvalue weighted by molar-refractivity contribution is 5.76. The number of nitrogens with one attached hydrogen (secondary N) is 2. The lowest BCUT2D eigenvalue weighted by atomic mass is 10.1. The number of aromatic hydroxyl groups is 1. The molecule has 0 saturated carbocycles. The number of carbonyl (C=O) groups excluding carboxylic acids is 1. The molecule has 0 fully saturated rings. The van der Waals surface area contributed by atoms with Crippen molar-refractivity contribution in [1.29, 1.82) is 0 Å². The maximum Gasteiger partial charge on any atom is 0.220 e. The third-order valence-electron chi connectivity index (χ3n) is 2.45. The van der Waals surface area contributed by atoms with Gasteiger partial charge in [-0.15, -0.1) is 10.2 Å². The molecule has 0 spiro atoms. The quantitative estimate of drug-likeness (QED) is 0.698. The molecular formula is C11H13N5O2. The number of hydrogen-bond donors (Lipinski definition) is 3. The third kappa shape index (κ3) is 3.27. The largest absolute Gasteiger partial charge is 0.508 e. The summed E-state index contributed by atoms with van der Waals surface area (Å²) >= 11 is 0. The summed E-state index contributed by atoms with van der Waals surface area (Å²) in [6.07, 6.45) is 0.792. The van der Waals surface area contributed by atoms with E-state index in [-0.39, 0.29) is 18.2 Å². The zero-order valence-electron chi connectivity index (χ0n) is 9.63. The molecule has 7 heteroatoms. The first-order valence-corrected chi connectivity index (χ1v) is 5.51. The number of nitrogens with zero attached hydrogens (tertiary/aromatic N) is 3. The Hall–Kier alpha value is -2.44. The molecule has 18 heavy (non-hydrogen) atoms. The van der Waals surface area contributed by atoms with E-state index in [0.29, 0.717) is 18.7 Å². The molecule has 1 aromatic carbocycles.